The van der Waals surface area contributed by atoms with Crippen molar-refractivity contribution >= 4 is 28.3 Å². The van der Waals surface area contributed by atoms with Crippen LogP contribution in [0, 0.1) is 9.39 Å². The van der Waals surface area contributed by atoms with E-state index in [-0.39, 0.29) is 5.82 Å². The Morgan fingerprint density at radius 2 is 2.27 bits per heavy atom. The van der Waals surface area contributed by atoms with Crippen molar-refractivity contribution in [2.45, 2.75) is 13.3 Å². The molecule has 0 spiro atoms. The molecule has 0 radical (unpaired) electrons. The highest BCUT2D eigenvalue weighted by atomic mass is 127. The molecule has 0 bridgehead atoms. The Balaban J connectivity index is 2.31. The van der Waals surface area contributed by atoms with E-state index in [0.29, 0.717) is 0 Å². The Labute approximate surface area is 103 Å². The van der Waals surface area contributed by atoms with Gasteiger partial charge in [0.1, 0.15) is 5.82 Å². The number of benzene rings is 1. The van der Waals surface area contributed by atoms with Crippen LogP contribution in [0.3, 0.4) is 0 Å². The smallest absolute Gasteiger partial charge is 0.124 e. The molecule has 1 aromatic rings. The van der Waals surface area contributed by atoms with Crippen molar-refractivity contribution in [2.24, 2.45) is 0 Å². The first-order valence-corrected chi connectivity index (χ1v) is 6.08. The summed E-state index contributed by atoms with van der Waals surface area (Å²) < 4.78 is 18.9. The third-order valence-electron chi connectivity index (χ3n) is 1.92. The summed E-state index contributed by atoms with van der Waals surface area (Å²) in [5.41, 5.74) is 0.980. The number of halogens is 2. The van der Waals surface area contributed by atoms with E-state index in [4.69, 9.17) is 4.74 Å². The molecule has 84 valence electrons. The van der Waals surface area contributed by atoms with Crippen LogP contribution in [0.25, 0.3) is 0 Å². The van der Waals surface area contributed by atoms with E-state index in [1.165, 1.54) is 12.1 Å². The van der Waals surface area contributed by atoms with Gasteiger partial charge in [0.05, 0.1) is 0 Å². The Kier molecular flexibility index (Phi) is 5.93. The first-order chi connectivity index (χ1) is 7.24. The average molecular weight is 323 g/mol. The zero-order chi connectivity index (χ0) is 11.1. The van der Waals surface area contributed by atoms with Gasteiger partial charge in [-0.1, -0.05) is 0 Å². The fourth-order valence-corrected chi connectivity index (χ4v) is 1.84. The number of ether oxygens (including phenoxy) is 1. The molecule has 1 aromatic carbocycles. The summed E-state index contributed by atoms with van der Waals surface area (Å²) in [6.07, 6.45) is 0.960. The highest BCUT2D eigenvalue weighted by molar-refractivity contribution is 14.1. The van der Waals surface area contributed by atoms with Gasteiger partial charge in [-0.05, 0) is 54.1 Å². The third kappa shape index (κ3) is 4.79. The summed E-state index contributed by atoms with van der Waals surface area (Å²) in [4.78, 5) is 0. The molecule has 0 aromatic heterocycles. The van der Waals surface area contributed by atoms with Gasteiger partial charge in [0.15, 0.2) is 0 Å². The second-order valence-electron chi connectivity index (χ2n) is 3.10. The number of nitrogens with one attached hydrogen (secondary N) is 1. The van der Waals surface area contributed by atoms with E-state index in [1.807, 2.05) is 6.92 Å². The van der Waals surface area contributed by atoms with Crippen molar-refractivity contribution in [2.75, 3.05) is 25.1 Å². The first kappa shape index (κ1) is 12.7. The Hall–Kier alpha value is -0.360. The summed E-state index contributed by atoms with van der Waals surface area (Å²) in [5.74, 6) is -0.195. The molecule has 0 unspecified atom stereocenters. The molecule has 0 fully saturated rings. The fraction of sp³-hybridized carbons (Fsp3) is 0.455. The maximum Gasteiger partial charge on any atom is 0.124 e. The van der Waals surface area contributed by atoms with Crippen LogP contribution in [0.1, 0.15) is 13.3 Å². The normalized spacial score (nSPS) is 10.3. The van der Waals surface area contributed by atoms with Crippen molar-refractivity contribution in [3.8, 4) is 0 Å². The third-order valence-corrected chi connectivity index (χ3v) is 2.81. The Bertz CT molecular complexity index is 307. The number of hydrogen-bond acceptors (Lipinski definition) is 2. The lowest BCUT2D eigenvalue weighted by molar-refractivity contribution is 0.147. The SMILES string of the molecule is CCOCCCNc1ccc(F)cc1I. The van der Waals surface area contributed by atoms with Crippen molar-refractivity contribution in [1.29, 1.82) is 0 Å². The number of rotatable bonds is 6. The summed E-state index contributed by atoms with van der Waals surface area (Å²) >= 11 is 2.12. The largest absolute Gasteiger partial charge is 0.384 e. The van der Waals surface area contributed by atoms with Gasteiger partial charge in [0.25, 0.3) is 0 Å². The van der Waals surface area contributed by atoms with E-state index < -0.39 is 0 Å². The molecule has 1 N–H and O–H groups in total. The van der Waals surface area contributed by atoms with E-state index in [2.05, 4.69) is 27.9 Å². The average Bonchev–Trinajstić information content (AvgIpc) is 2.20. The molecule has 0 heterocycles. The molecular weight excluding hydrogens is 308 g/mol. The summed E-state index contributed by atoms with van der Waals surface area (Å²) in [6, 6.07) is 4.75. The Morgan fingerprint density at radius 3 is 2.93 bits per heavy atom. The number of hydrogen-bond donors (Lipinski definition) is 1. The lowest BCUT2D eigenvalue weighted by Gasteiger charge is -2.08. The predicted molar refractivity (Wildman–Crippen MR) is 68.7 cm³/mol. The molecule has 15 heavy (non-hydrogen) atoms. The highest BCUT2D eigenvalue weighted by Crippen LogP contribution is 2.18. The van der Waals surface area contributed by atoms with E-state index in [0.717, 1.165) is 35.4 Å². The van der Waals surface area contributed by atoms with E-state index in [1.54, 1.807) is 6.07 Å². The molecule has 0 aliphatic rings. The molecule has 0 amide bonds. The predicted octanol–water partition coefficient (Wildman–Crippen LogP) is 3.27. The zero-order valence-corrected chi connectivity index (χ0v) is 10.9. The lowest BCUT2D eigenvalue weighted by Crippen LogP contribution is -2.06. The van der Waals surface area contributed by atoms with E-state index >= 15 is 0 Å². The Morgan fingerprint density at radius 1 is 1.47 bits per heavy atom. The van der Waals surface area contributed by atoms with Crippen LogP contribution in [-0.4, -0.2) is 19.8 Å². The van der Waals surface area contributed by atoms with E-state index in [9.17, 15) is 4.39 Å². The summed E-state index contributed by atoms with van der Waals surface area (Å²) in [5, 5.41) is 3.24. The maximum atomic E-state index is 12.8. The first-order valence-electron chi connectivity index (χ1n) is 5.00. The van der Waals surface area contributed by atoms with Gasteiger partial charge < -0.3 is 10.1 Å². The molecule has 1 rings (SSSR count). The van der Waals surface area contributed by atoms with Gasteiger partial charge in [-0.2, -0.15) is 0 Å². The van der Waals surface area contributed by atoms with Crippen molar-refractivity contribution in [3.05, 3.63) is 27.6 Å². The van der Waals surface area contributed by atoms with Gasteiger partial charge >= 0.3 is 0 Å². The molecule has 4 heteroatoms. The molecule has 0 atom stereocenters. The monoisotopic (exact) mass is 323 g/mol. The van der Waals surface area contributed by atoms with Gasteiger partial charge in [0, 0.05) is 29.0 Å². The number of anilines is 1. The lowest BCUT2D eigenvalue weighted by atomic mass is 10.3. The van der Waals surface area contributed by atoms with Crippen LogP contribution in [0.15, 0.2) is 18.2 Å². The van der Waals surface area contributed by atoms with Crippen molar-refractivity contribution < 1.29 is 9.13 Å². The van der Waals surface area contributed by atoms with Gasteiger partial charge in [0.2, 0.25) is 0 Å². The van der Waals surface area contributed by atoms with Crippen LogP contribution >= 0.6 is 22.6 Å². The van der Waals surface area contributed by atoms with Crippen molar-refractivity contribution in [3.63, 3.8) is 0 Å². The van der Waals surface area contributed by atoms with Crippen LogP contribution < -0.4 is 5.32 Å². The quantitative estimate of drug-likeness (QED) is 0.641. The van der Waals surface area contributed by atoms with Crippen molar-refractivity contribution in [1.82, 2.24) is 0 Å². The molecule has 2 nitrogen and oxygen atoms in total. The molecule has 0 saturated carbocycles. The topological polar surface area (TPSA) is 21.3 Å². The summed E-state index contributed by atoms with van der Waals surface area (Å²) in [7, 11) is 0. The maximum absolute atomic E-state index is 12.8. The summed E-state index contributed by atoms with van der Waals surface area (Å²) in [6.45, 7) is 4.35. The highest BCUT2D eigenvalue weighted by Gasteiger charge is 1.99. The minimum Gasteiger partial charge on any atom is -0.384 e. The standard InChI is InChI=1S/C11H15FINO/c1-2-15-7-3-6-14-11-5-4-9(12)8-10(11)13/h4-5,8,14H,2-3,6-7H2,1H3. The molecule has 0 saturated heterocycles. The van der Waals surface area contributed by atoms with Crippen LogP contribution in [-0.2, 0) is 4.74 Å². The fourth-order valence-electron chi connectivity index (χ4n) is 1.17. The minimum atomic E-state index is -0.195. The molecular formula is C11H15FINO. The van der Waals surface area contributed by atoms with Gasteiger partial charge in [-0.15, -0.1) is 0 Å². The molecule has 0 aliphatic carbocycles. The zero-order valence-electron chi connectivity index (χ0n) is 8.72. The van der Waals surface area contributed by atoms with Crippen LogP contribution in [0.2, 0.25) is 0 Å². The van der Waals surface area contributed by atoms with Gasteiger partial charge in [-0.3, -0.25) is 0 Å². The van der Waals surface area contributed by atoms with Crippen LogP contribution in [0.4, 0.5) is 10.1 Å². The molecule has 0 aliphatic heterocycles. The van der Waals surface area contributed by atoms with Crippen LogP contribution in [0.5, 0.6) is 0 Å². The second kappa shape index (κ2) is 7.00. The van der Waals surface area contributed by atoms with Gasteiger partial charge in [-0.25, -0.2) is 4.39 Å². The second-order valence-corrected chi connectivity index (χ2v) is 4.26. The minimum absolute atomic E-state index is 0.195.